The molecule has 30 heavy (non-hydrogen) atoms. The number of piperazine rings is 1. The number of nitrogens with zero attached hydrogens (tertiary/aromatic N) is 4. The molecule has 1 saturated heterocycles. The van der Waals surface area contributed by atoms with Crippen LogP contribution in [0.15, 0.2) is 34.0 Å². The molecule has 1 atom stereocenters. The van der Waals surface area contributed by atoms with E-state index in [4.69, 9.17) is 19.0 Å². The van der Waals surface area contributed by atoms with Crippen LogP contribution in [0.3, 0.4) is 0 Å². The van der Waals surface area contributed by atoms with Gasteiger partial charge in [-0.2, -0.15) is 0 Å². The van der Waals surface area contributed by atoms with Crippen LogP contribution < -0.4 is 14.8 Å². The summed E-state index contributed by atoms with van der Waals surface area (Å²) >= 11 is 0. The Kier molecular flexibility index (Phi) is 6.42. The lowest BCUT2D eigenvalue weighted by molar-refractivity contribution is 0.169. The molecule has 0 spiro atoms. The third-order valence-electron chi connectivity index (χ3n) is 5.58. The maximum absolute atomic E-state index is 5.92. The molecule has 2 aliphatic heterocycles. The summed E-state index contributed by atoms with van der Waals surface area (Å²) in [5, 5.41) is 7.45. The zero-order valence-corrected chi connectivity index (χ0v) is 18.1. The highest BCUT2D eigenvalue weighted by molar-refractivity contribution is 5.80. The van der Waals surface area contributed by atoms with Gasteiger partial charge in [0.25, 0.3) is 0 Å². The Bertz CT molecular complexity index is 860. The summed E-state index contributed by atoms with van der Waals surface area (Å²) in [6, 6.07) is 6.10. The maximum atomic E-state index is 5.92. The summed E-state index contributed by atoms with van der Waals surface area (Å²) in [5.41, 5.74) is 3.23. The summed E-state index contributed by atoms with van der Waals surface area (Å²) in [7, 11) is 1.72. The van der Waals surface area contributed by atoms with Crippen LogP contribution in [0, 0.1) is 0 Å². The fourth-order valence-corrected chi connectivity index (χ4v) is 4.05. The van der Waals surface area contributed by atoms with Gasteiger partial charge < -0.3 is 24.2 Å². The minimum Gasteiger partial charge on any atom is -0.496 e. The minimum atomic E-state index is 0.217. The average molecular weight is 414 g/mol. The molecular weight excluding hydrogens is 382 g/mol. The number of hydrogen-bond donors (Lipinski definition) is 1. The Hall–Kier alpha value is -2.74. The highest BCUT2D eigenvalue weighted by Gasteiger charge is 2.23. The molecule has 8 heteroatoms. The van der Waals surface area contributed by atoms with E-state index in [0.29, 0.717) is 6.54 Å². The molecule has 1 fully saturated rings. The average Bonchev–Trinajstić information content (AvgIpc) is 3.39. The Balaban J connectivity index is 1.42. The number of guanidine groups is 1. The van der Waals surface area contributed by atoms with Gasteiger partial charge in [-0.1, -0.05) is 5.16 Å². The summed E-state index contributed by atoms with van der Waals surface area (Å²) in [6.07, 6.45) is 2.77. The molecule has 0 amide bonds. The van der Waals surface area contributed by atoms with Crippen molar-refractivity contribution in [3.8, 4) is 11.5 Å². The molecule has 1 aromatic heterocycles. The topological polar surface area (TPSA) is 75.4 Å². The van der Waals surface area contributed by atoms with Gasteiger partial charge in [0.2, 0.25) is 0 Å². The number of methoxy groups -OCH3 is 1. The first-order valence-electron chi connectivity index (χ1n) is 10.7. The lowest BCUT2D eigenvalue weighted by atomic mass is 10.1. The smallest absolute Gasteiger partial charge is 0.194 e. The molecule has 1 aromatic carbocycles. The molecule has 2 aliphatic rings. The van der Waals surface area contributed by atoms with E-state index in [-0.39, 0.29) is 6.10 Å². The number of aromatic nitrogens is 1. The van der Waals surface area contributed by atoms with Crippen molar-refractivity contribution in [2.75, 3.05) is 39.8 Å². The van der Waals surface area contributed by atoms with E-state index in [2.05, 4.69) is 46.3 Å². The first kappa shape index (κ1) is 20.5. The Morgan fingerprint density at radius 2 is 2.13 bits per heavy atom. The van der Waals surface area contributed by atoms with Crippen LogP contribution in [0.2, 0.25) is 0 Å². The zero-order valence-electron chi connectivity index (χ0n) is 18.1. The Morgan fingerprint density at radius 3 is 2.83 bits per heavy atom. The van der Waals surface area contributed by atoms with E-state index in [0.717, 1.165) is 74.4 Å². The quantitative estimate of drug-likeness (QED) is 0.575. The molecule has 8 nitrogen and oxygen atoms in total. The van der Waals surface area contributed by atoms with E-state index in [1.165, 1.54) is 5.56 Å². The number of ether oxygens (including phenoxy) is 2. The van der Waals surface area contributed by atoms with Crippen molar-refractivity contribution >= 4 is 5.96 Å². The van der Waals surface area contributed by atoms with Gasteiger partial charge >= 0.3 is 0 Å². The van der Waals surface area contributed by atoms with Crippen LogP contribution >= 0.6 is 0 Å². The normalized spacial score (nSPS) is 19.5. The van der Waals surface area contributed by atoms with E-state index >= 15 is 0 Å². The fourth-order valence-electron chi connectivity index (χ4n) is 4.05. The summed E-state index contributed by atoms with van der Waals surface area (Å²) in [6.45, 7) is 10.2. The van der Waals surface area contributed by atoms with Gasteiger partial charge in [-0.25, -0.2) is 4.99 Å². The van der Waals surface area contributed by atoms with Crippen LogP contribution in [-0.2, 0) is 19.5 Å². The highest BCUT2D eigenvalue weighted by atomic mass is 16.5. The van der Waals surface area contributed by atoms with Crippen LogP contribution in [0.1, 0.15) is 30.7 Å². The second-order valence-corrected chi connectivity index (χ2v) is 7.83. The molecule has 0 saturated carbocycles. The van der Waals surface area contributed by atoms with Gasteiger partial charge in [0, 0.05) is 62.9 Å². The fraction of sp³-hybridized carbons (Fsp3) is 0.545. The van der Waals surface area contributed by atoms with Gasteiger partial charge in [0.05, 0.1) is 19.3 Å². The molecule has 0 radical (unpaired) electrons. The molecule has 162 valence electrons. The summed E-state index contributed by atoms with van der Waals surface area (Å²) in [4.78, 5) is 9.62. The van der Waals surface area contributed by atoms with E-state index < -0.39 is 0 Å². The number of rotatable bonds is 6. The van der Waals surface area contributed by atoms with Gasteiger partial charge in [-0.05, 0) is 26.0 Å². The van der Waals surface area contributed by atoms with Gasteiger partial charge in [-0.15, -0.1) is 0 Å². The molecule has 0 bridgehead atoms. The Labute approximate surface area is 177 Å². The van der Waals surface area contributed by atoms with Crippen LogP contribution in [0.25, 0.3) is 0 Å². The molecule has 0 aliphatic carbocycles. The maximum Gasteiger partial charge on any atom is 0.194 e. The predicted octanol–water partition coefficient (Wildman–Crippen LogP) is 2.29. The van der Waals surface area contributed by atoms with Crippen molar-refractivity contribution in [3.05, 3.63) is 41.3 Å². The standard InChI is InChI=1S/C22H31N5O3/c1-4-23-22(27-8-6-26(7-9-27)15-19-5-10-29-25-19)24-14-18-13-21-17(11-16(2)30-21)12-20(18)28-3/h5,10,12-13,16H,4,6-9,11,14-15H2,1-3H3,(H,23,24). The third-order valence-corrected chi connectivity index (χ3v) is 5.58. The molecule has 1 N–H and O–H groups in total. The second kappa shape index (κ2) is 9.38. The van der Waals surface area contributed by atoms with Crippen LogP contribution in [-0.4, -0.2) is 66.9 Å². The number of fused-ring (bicyclic) bond motifs is 1. The van der Waals surface area contributed by atoms with Crippen molar-refractivity contribution in [3.63, 3.8) is 0 Å². The highest BCUT2D eigenvalue weighted by Crippen LogP contribution is 2.35. The van der Waals surface area contributed by atoms with Gasteiger partial charge in [0.1, 0.15) is 23.9 Å². The van der Waals surface area contributed by atoms with E-state index in [1.54, 1.807) is 13.4 Å². The zero-order chi connectivity index (χ0) is 20.9. The van der Waals surface area contributed by atoms with Crippen LogP contribution in [0.5, 0.6) is 11.5 Å². The number of benzene rings is 1. The first-order chi connectivity index (χ1) is 14.7. The molecule has 4 rings (SSSR count). The third kappa shape index (κ3) is 4.70. The number of hydrogen-bond acceptors (Lipinski definition) is 6. The summed E-state index contributed by atoms with van der Waals surface area (Å²) in [5.74, 6) is 2.78. The lowest BCUT2D eigenvalue weighted by Crippen LogP contribution is -2.52. The predicted molar refractivity (Wildman–Crippen MR) is 115 cm³/mol. The monoisotopic (exact) mass is 413 g/mol. The number of nitrogens with one attached hydrogen (secondary N) is 1. The van der Waals surface area contributed by atoms with Crippen molar-refractivity contribution in [1.82, 2.24) is 20.3 Å². The van der Waals surface area contributed by atoms with Crippen molar-refractivity contribution in [1.29, 1.82) is 0 Å². The minimum absolute atomic E-state index is 0.217. The van der Waals surface area contributed by atoms with Gasteiger partial charge in [0.15, 0.2) is 5.96 Å². The van der Waals surface area contributed by atoms with Crippen LogP contribution in [0.4, 0.5) is 0 Å². The summed E-state index contributed by atoms with van der Waals surface area (Å²) < 4.78 is 16.5. The SMILES string of the molecule is CCNC(=NCc1cc2c(cc1OC)CC(C)O2)N1CCN(Cc2ccon2)CC1. The lowest BCUT2D eigenvalue weighted by Gasteiger charge is -2.36. The van der Waals surface area contributed by atoms with Gasteiger partial charge in [-0.3, -0.25) is 4.90 Å². The molecular formula is C22H31N5O3. The second-order valence-electron chi connectivity index (χ2n) is 7.83. The number of aliphatic imine (C=N–C) groups is 1. The van der Waals surface area contributed by atoms with Crippen molar-refractivity contribution in [2.24, 2.45) is 4.99 Å². The van der Waals surface area contributed by atoms with Crippen molar-refractivity contribution < 1.29 is 14.0 Å². The Morgan fingerprint density at radius 1 is 1.30 bits per heavy atom. The van der Waals surface area contributed by atoms with E-state index in [9.17, 15) is 0 Å². The molecule has 3 heterocycles. The molecule has 2 aromatic rings. The first-order valence-corrected chi connectivity index (χ1v) is 10.7. The van der Waals surface area contributed by atoms with Crippen molar-refractivity contribution in [2.45, 2.75) is 39.5 Å². The van der Waals surface area contributed by atoms with E-state index in [1.807, 2.05) is 6.07 Å². The largest absolute Gasteiger partial charge is 0.496 e. The molecule has 1 unspecified atom stereocenters.